The number of nitrogens with zero attached hydrogens (tertiary/aromatic N) is 1. The van der Waals surface area contributed by atoms with Gasteiger partial charge in [0.1, 0.15) is 11.4 Å². The minimum Gasteiger partial charge on any atom is -0.478 e. The summed E-state index contributed by atoms with van der Waals surface area (Å²) in [6.45, 7) is 4.54. The highest BCUT2D eigenvalue weighted by Crippen LogP contribution is 2.26. The molecule has 4 nitrogen and oxygen atoms in total. The molecule has 98 valence electrons. The molecule has 0 radical (unpaired) electrons. The molecule has 0 aliphatic heterocycles. The van der Waals surface area contributed by atoms with Gasteiger partial charge in [-0.05, 0) is 44.2 Å². The van der Waals surface area contributed by atoms with Gasteiger partial charge in [0.2, 0.25) is 0 Å². The van der Waals surface area contributed by atoms with Crippen LogP contribution in [0.1, 0.15) is 47.3 Å². The van der Waals surface area contributed by atoms with Crippen LogP contribution in [-0.2, 0) is 0 Å². The fraction of sp³-hybridized carbons (Fsp3) is 0.571. The molecule has 18 heavy (non-hydrogen) atoms. The number of hydrogen-bond donors (Lipinski definition) is 2. The Balaban J connectivity index is 2.16. The van der Waals surface area contributed by atoms with Crippen molar-refractivity contribution in [2.75, 3.05) is 11.9 Å². The number of aromatic nitrogens is 1. The Hall–Kier alpha value is -1.58. The predicted molar refractivity (Wildman–Crippen MR) is 71.1 cm³/mol. The zero-order chi connectivity index (χ0) is 13.1. The van der Waals surface area contributed by atoms with E-state index in [4.69, 9.17) is 0 Å². The molecule has 0 amide bonds. The lowest BCUT2D eigenvalue weighted by molar-refractivity contribution is 0.0697. The van der Waals surface area contributed by atoms with Gasteiger partial charge in [0.05, 0.1) is 0 Å². The van der Waals surface area contributed by atoms with Crippen molar-refractivity contribution in [3.8, 4) is 0 Å². The lowest BCUT2D eigenvalue weighted by Gasteiger charge is -2.14. The topological polar surface area (TPSA) is 62.2 Å². The van der Waals surface area contributed by atoms with E-state index in [2.05, 4.69) is 10.3 Å². The van der Waals surface area contributed by atoms with E-state index in [1.807, 2.05) is 19.9 Å². The van der Waals surface area contributed by atoms with Gasteiger partial charge in [-0.15, -0.1) is 0 Å². The molecule has 2 N–H and O–H groups in total. The second-order valence-electron chi connectivity index (χ2n) is 5.14. The summed E-state index contributed by atoms with van der Waals surface area (Å²) in [5.74, 6) is 0.273. The number of nitrogens with one attached hydrogen (secondary N) is 1. The summed E-state index contributed by atoms with van der Waals surface area (Å²) < 4.78 is 0. The van der Waals surface area contributed by atoms with Crippen molar-refractivity contribution in [3.05, 3.63) is 22.9 Å². The molecule has 1 aromatic rings. The first-order valence-corrected chi connectivity index (χ1v) is 6.53. The molecule has 1 saturated carbocycles. The van der Waals surface area contributed by atoms with Crippen molar-refractivity contribution in [2.45, 2.75) is 39.5 Å². The van der Waals surface area contributed by atoms with Crippen LogP contribution < -0.4 is 5.32 Å². The molecule has 1 fully saturated rings. The molecule has 4 heteroatoms. The largest absolute Gasteiger partial charge is 0.478 e. The molecule has 1 aliphatic carbocycles. The Morgan fingerprint density at radius 2 is 2.11 bits per heavy atom. The number of rotatable bonds is 4. The molecule has 0 saturated heterocycles. The van der Waals surface area contributed by atoms with E-state index in [0.717, 1.165) is 17.8 Å². The van der Waals surface area contributed by atoms with E-state index in [1.165, 1.54) is 25.7 Å². The van der Waals surface area contributed by atoms with Gasteiger partial charge in [-0.25, -0.2) is 9.78 Å². The number of carboxylic acids is 1. The molecule has 1 heterocycles. The first-order chi connectivity index (χ1) is 8.58. The Bertz CT molecular complexity index is 451. The highest BCUT2D eigenvalue weighted by Gasteiger charge is 2.18. The normalized spacial score (nSPS) is 15.9. The van der Waals surface area contributed by atoms with Crippen molar-refractivity contribution in [1.29, 1.82) is 0 Å². The maximum absolute atomic E-state index is 11.3. The zero-order valence-electron chi connectivity index (χ0n) is 11.0. The summed E-state index contributed by atoms with van der Waals surface area (Å²) in [6, 6.07) is 1.81. The van der Waals surface area contributed by atoms with Crippen molar-refractivity contribution in [3.63, 3.8) is 0 Å². The van der Waals surface area contributed by atoms with E-state index in [-0.39, 0.29) is 0 Å². The maximum atomic E-state index is 11.3. The van der Waals surface area contributed by atoms with E-state index in [1.54, 1.807) is 0 Å². The first kappa shape index (κ1) is 12.9. The van der Waals surface area contributed by atoms with Crippen LogP contribution in [0.3, 0.4) is 0 Å². The van der Waals surface area contributed by atoms with Gasteiger partial charge in [-0.2, -0.15) is 0 Å². The number of carbonyl (C=O) groups is 1. The van der Waals surface area contributed by atoms with Crippen LogP contribution >= 0.6 is 0 Å². The van der Waals surface area contributed by atoms with Crippen LogP contribution in [0.15, 0.2) is 6.07 Å². The van der Waals surface area contributed by atoms with Crippen LogP contribution in [0.5, 0.6) is 0 Å². The minimum atomic E-state index is -0.908. The average molecular weight is 248 g/mol. The lowest BCUT2D eigenvalue weighted by Crippen LogP contribution is -2.16. The third-order valence-corrected chi connectivity index (χ3v) is 3.59. The van der Waals surface area contributed by atoms with Crippen molar-refractivity contribution >= 4 is 11.8 Å². The summed E-state index contributed by atoms with van der Waals surface area (Å²) in [7, 11) is 0. The standard InChI is InChI=1S/C14H20N2O2/c1-9-7-10(2)16-13(12(9)14(17)18)15-8-11-5-3-4-6-11/h7,11H,3-6,8H2,1-2H3,(H,15,16)(H,17,18). The number of aryl methyl sites for hydroxylation is 2. The fourth-order valence-electron chi connectivity index (χ4n) is 2.69. The van der Waals surface area contributed by atoms with Crippen molar-refractivity contribution in [1.82, 2.24) is 4.98 Å². The summed E-state index contributed by atoms with van der Waals surface area (Å²) in [4.78, 5) is 15.6. The Kier molecular flexibility index (Phi) is 3.84. The van der Waals surface area contributed by atoms with E-state index in [9.17, 15) is 9.90 Å². The highest BCUT2D eigenvalue weighted by molar-refractivity contribution is 5.94. The Morgan fingerprint density at radius 3 is 2.72 bits per heavy atom. The van der Waals surface area contributed by atoms with Crippen molar-refractivity contribution < 1.29 is 9.90 Å². The zero-order valence-corrected chi connectivity index (χ0v) is 11.0. The molecule has 0 spiro atoms. The van der Waals surface area contributed by atoms with Crippen LogP contribution in [0.2, 0.25) is 0 Å². The second kappa shape index (κ2) is 5.38. The molecule has 0 unspecified atom stereocenters. The summed E-state index contributed by atoms with van der Waals surface area (Å²) in [5.41, 5.74) is 1.92. The molecule has 1 aliphatic rings. The summed E-state index contributed by atoms with van der Waals surface area (Å²) >= 11 is 0. The predicted octanol–water partition coefficient (Wildman–Crippen LogP) is 3.00. The third kappa shape index (κ3) is 2.81. The molecular formula is C14H20N2O2. The quantitative estimate of drug-likeness (QED) is 0.859. The molecule has 0 bridgehead atoms. The van der Waals surface area contributed by atoms with Gasteiger partial charge < -0.3 is 10.4 Å². The highest BCUT2D eigenvalue weighted by atomic mass is 16.4. The molecule has 0 atom stereocenters. The van der Waals surface area contributed by atoms with Crippen LogP contribution in [-0.4, -0.2) is 22.6 Å². The van der Waals surface area contributed by atoms with Gasteiger partial charge in [-0.1, -0.05) is 12.8 Å². The van der Waals surface area contributed by atoms with Crippen LogP contribution in [0, 0.1) is 19.8 Å². The Labute approximate surface area is 107 Å². The van der Waals surface area contributed by atoms with Gasteiger partial charge >= 0.3 is 5.97 Å². The monoisotopic (exact) mass is 248 g/mol. The van der Waals surface area contributed by atoms with E-state index >= 15 is 0 Å². The number of carboxylic acid groups (broad SMARTS) is 1. The van der Waals surface area contributed by atoms with Gasteiger partial charge in [0.25, 0.3) is 0 Å². The Morgan fingerprint density at radius 1 is 1.44 bits per heavy atom. The number of aromatic carboxylic acids is 1. The smallest absolute Gasteiger partial charge is 0.339 e. The molecule has 1 aromatic heterocycles. The summed E-state index contributed by atoms with van der Waals surface area (Å²) in [6.07, 6.45) is 5.05. The van der Waals surface area contributed by atoms with Gasteiger partial charge in [-0.3, -0.25) is 0 Å². The minimum absolute atomic E-state index is 0.304. The lowest BCUT2D eigenvalue weighted by atomic mass is 10.1. The molecular weight excluding hydrogens is 228 g/mol. The van der Waals surface area contributed by atoms with Crippen LogP contribution in [0.25, 0.3) is 0 Å². The fourth-order valence-corrected chi connectivity index (χ4v) is 2.69. The van der Waals surface area contributed by atoms with E-state index in [0.29, 0.717) is 17.3 Å². The van der Waals surface area contributed by atoms with Crippen LogP contribution in [0.4, 0.5) is 5.82 Å². The average Bonchev–Trinajstić information content (AvgIpc) is 2.77. The SMILES string of the molecule is Cc1cc(C)c(C(=O)O)c(NCC2CCCC2)n1. The molecule has 2 rings (SSSR count). The number of pyridine rings is 1. The second-order valence-corrected chi connectivity index (χ2v) is 5.14. The maximum Gasteiger partial charge on any atom is 0.339 e. The summed E-state index contributed by atoms with van der Waals surface area (Å²) in [5, 5.41) is 12.5. The molecule has 0 aromatic carbocycles. The van der Waals surface area contributed by atoms with E-state index < -0.39 is 5.97 Å². The first-order valence-electron chi connectivity index (χ1n) is 6.53. The van der Waals surface area contributed by atoms with Crippen molar-refractivity contribution in [2.24, 2.45) is 5.92 Å². The third-order valence-electron chi connectivity index (χ3n) is 3.59. The van der Waals surface area contributed by atoms with Gasteiger partial charge in [0, 0.05) is 12.2 Å². The number of hydrogen-bond acceptors (Lipinski definition) is 3. The van der Waals surface area contributed by atoms with Gasteiger partial charge in [0.15, 0.2) is 0 Å². The number of anilines is 1.